The van der Waals surface area contributed by atoms with E-state index in [9.17, 15) is 17.4 Å². The molecule has 0 aliphatic rings. The Morgan fingerprint density at radius 1 is 1.32 bits per heavy atom. The molecule has 1 amide bonds. The summed E-state index contributed by atoms with van der Waals surface area (Å²) in [5.41, 5.74) is 6.63. The van der Waals surface area contributed by atoms with Crippen LogP contribution in [0.15, 0.2) is 24.3 Å². The lowest BCUT2D eigenvalue weighted by atomic mass is 10.3. The summed E-state index contributed by atoms with van der Waals surface area (Å²) >= 11 is 0. The number of nitrogens with one attached hydrogen (secondary N) is 1. The number of hydrogen-bond donors (Lipinski definition) is 2. The van der Waals surface area contributed by atoms with Gasteiger partial charge in [0.15, 0.2) is 0 Å². The fourth-order valence-corrected chi connectivity index (χ4v) is 3.69. The van der Waals surface area contributed by atoms with Gasteiger partial charge in [0.1, 0.15) is 15.6 Å². The highest BCUT2D eigenvalue weighted by molar-refractivity contribution is 7.92. The number of benzene rings is 1. The van der Waals surface area contributed by atoms with Gasteiger partial charge in [-0.25, -0.2) is 8.42 Å². The standard InChI is InChI=1S/C11H16N2O4S2/c1-19(16,17)7-6-18(15)8-11(14)13-10-4-2-9(12)3-5-10/h2-5H,6-8,12H2,1H3,(H,13,14). The average Bonchev–Trinajstić information content (AvgIpc) is 2.29. The number of amides is 1. The lowest BCUT2D eigenvalue weighted by molar-refractivity contribution is -0.113. The highest BCUT2D eigenvalue weighted by atomic mass is 32.2. The molecule has 1 aromatic rings. The van der Waals surface area contributed by atoms with Gasteiger partial charge in [0.25, 0.3) is 0 Å². The first-order valence-electron chi connectivity index (χ1n) is 5.44. The topological polar surface area (TPSA) is 106 Å². The number of hydrogen-bond acceptors (Lipinski definition) is 5. The molecule has 0 radical (unpaired) electrons. The van der Waals surface area contributed by atoms with Crippen molar-refractivity contribution in [3.8, 4) is 0 Å². The van der Waals surface area contributed by atoms with Crippen LogP contribution in [0.5, 0.6) is 0 Å². The Morgan fingerprint density at radius 2 is 1.89 bits per heavy atom. The fraction of sp³-hybridized carbons (Fsp3) is 0.364. The zero-order valence-electron chi connectivity index (χ0n) is 10.5. The molecule has 1 aromatic carbocycles. The first-order valence-corrected chi connectivity index (χ1v) is 8.99. The molecule has 3 N–H and O–H groups in total. The number of nitrogens with two attached hydrogens (primary N) is 1. The first kappa shape index (κ1) is 15.6. The van der Waals surface area contributed by atoms with Crippen molar-refractivity contribution in [3.05, 3.63) is 24.3 Å². The van der Waals surface area contributed by atoms with Gasteiger partial charge in [0, 0.05) is 34.2 Å². The predicted octanol–water partition coefficient (Wildman–Crippen LogP) is 0.000600. The molecule has 8 heteroatoms. The van der Waals surface area contributed by atoms with Gasteiger partial charge in [-0.2, -0.15) is 0 Å². The number of sulfone groups is 1. The molecule has 1 atom stereocenters. The van der Waals surface area contributed by atoms with E-state index < -0.39 is 26.5 Å². The lowest BCUT2D eigenvalue weighted by Gasteiger charge is -2.05. The van der Waals surface area contributed by atoms with Crippen LogP contribution in [0.1, 0.15) is 0 Å². The molecule has 0 spiro atoms. The molecule has 0 saturated heterocycles. The third-order valence-electron chi connectivity index (χ3n) is 2.17. The monoisotopic (exact) mass is 304 g/mol. The van der Waals surface area contributed by atoms with Crippen LogP contribution in [0.25, 0.3) is 0 Å². The molecular formula is C11H16N2O4S2. The minimum atomic E-state index is -3.16. The zero-order chi connectivity index (χ0) is 14.5. The van der Waals surface area contributed by atoms with Gasteiger partial charge in [0.05, 0.1) is 5.75 Å². The van der Waals surface area contributed by atoms with Crippen molar-refractivity contribution in [1.82, 2.24) is 0 Å². The van der Waals surface area contributed by atoms with E-state index in [2.05, 4.69) is 5.32 Å². The predicted molar refractivity (Wildman–Crippen MR) is 77.1 cm³/mol. The van der Waals surface area contributed by atoms with E-state index in [1.165, 1.54) is 0 Å². The van der Waals surface area contributed by atoms with Crippen LogP contribution < -0.4 is 11.1 Å². The molecule has 6 nitrogen and oxygen atoms in total. The van der Waals surface area contributed by atoms with Gasteiger partial charge in [-0.1, -0.05) is 0 Å². The molecule has 1 rings (SSSR count). The summed E-state index contributed by atoms with van der Waals surface area (Å²) in [7, 11) is -4.65. The lowest BCUT2D eigenvalue weighted by Crippen LogP contribution is -2.23. The average molecular weight is 304 g/mol. The van der Waals surface area contributed by atoms with Gasteiger partial charge in [0.2, 0.25) is 5.91 Å². The molecule has 19 heavy (non-hydrogen) atoms. The van der Waals surface area contributed by atoms with Crippen LogP contribution >= 0.6 is 0 Å². The summed E-state index contributed by atoms with van der Waals surface area (Å²) in [5.74, 6) is -0.862. The van der Waals surface area contributed by atoms with Crippen molar-refractivity contribution in [1.29, 1.82) is 0 Å². The van der Waals surface area contributed by atoms with Gasteiger partial charge < -0.3 is 11.1 Å². The largest absolute Gasteiger partial charge is 0.399 e. The second-order valence-corrected chi connectivity index (χ2v) is 7.92. The minimum absolute atomic E-state index is 0.0337. The maximum atomic E-state index is 11.5. The van der Waals surface area contributed by atoms with Crippen molar-refractivity contribution in [2.24, 2.45) is 0 Å². The molecule has 106 valence electrons. The van der Waals surface area contributed by atoms with Crippen LogP contribution in [-0.2, 0) is 25.4 Å². The summed E-state index contributed by atoms with van der Waals surface area (Å²) in [6, 6.07) is 6.53. The van der Waals surface area contributed by atoms with Crippen molar-refractivity contribution < 1.29 is 17.4 Å². The zero-order valence-corrected chi connectivity index (χ0v) is 12.1. The number of carbonyl (C=O) groups is 1. The van der Waals surface area contributed by atoms with Crippen molar-refractivity contribution in [2.45, 2.75) is 0 Å². The van der Waals surface area contributed by atoms with Crippen LogP contribution in [0.2, 0.25) is 0 Å². The smallest absolute Gasteiger partial charge is 0.236 e. The highest BCUT2D eigenvalue weighted by Crippen LogP contribution is 2.10. The minimum Gasteiger partial charge on any atom is -0.399 e. The van der Waals surface area contributed by atoms with Crippen LogP contribution in [-0.4, -0.2) is 42.0 Å². The molecule has 0 bridgehead atoms. The van der Waals surface area contributed by atoms with Gasteiger partial charge in [-0.05, 0) is 24.3 Å². The molecule has 0 aromatic heterocycles. The number of rotatable bonds is 6. The summed E-state index contributed by atoms with van der Waals surface area (Å²) in [4.78, 5) is 11.5. The van der Waals surface area contributed by atoms with E-state index in [-0.39, 0.29) is 17.3 Å². The summed E-state index contributed by atoms with van der Waals surface area (Å²) in [6.45, 7) is 0. The SMILES string of the molecule is CS(=O)(=O)CCS(=O)CC(=O)Nc1ccc(N)cc1. The maximum absolute atomic E-state index is 11.5. The Morgan fingerprint density at radius 3 is 2.42 bits per heavy atom. The van der Waals surface area contributed by atoms with Crippen LogP contribution in [0, 0.1) is 0 Å². The summed E-state index contributed by atoms with van der Waals surface area (Å²) in [5, 5.41) is 2.56. The van der Waals surface area contributed by atoms with Gasteiger partial charge in [-0.15, -0.1) is 0 Å². The van der Waals surface area contributed by atoms with E-state index in [4.69, 9.17) is 5.73 Å². The quantitative estimate of drug-likeness (QED) is 0.720. The van der Waals surface area contributed by atoms with Crippen LogP contribution in [0.3, 0.4) is 0 Å². The molecule has 0 saturated carbocycles. The normalized spacial score (nSPS) is 12.9. The molecular weight excluding hydrogens is 288 g/mol. The number of nitrogen functional groups attached to an aromatic ring is 1. The Kier molecular flexibility index (Phi) is 5.49. The first-order chi connectivity index (χ1) is 8.76. The summed E-state index contributed by atoms with van der Waals surface area (Å²) in [6.07, 6.45) is 1.07. The van der Waals surface area contributed by atoms with E-state index in [0.29, 0.717) is 11.4 Å². The molecule has 0 fully saturated rings. The van der Waals surface area contributed by atoms with Crippen molar-refractivity contribution in [2.75, 3.05) is 34.6 Å². The second kappa shape index (κ2) is 6.67. The van der Waals surface area contributed by atoms with Crippen LogP contribution in [0.4, 0.5) is 11.4 Å². The third-order valence-corrected chi connectivity index (χ3v) is 4.62. The Hall–Kier alpha value is -1.41. The van der Waals surface area contributed by atoms with Crippen molar-refractivity contribution in [3.63, 3.8) is 0 Å². The third kappa shape index (κ3) is 6.92. The van der Waals surface area contributed by atoms with Gasteiger partial charge in [-0.3, -0.25) is 9.00 Å². The Labute approximate surface area is 114 Å². The Bertz CT molecular complexity index is 567. The van der Waals surface area contributed by atoms with E-state index in [1.54, 1.807) is 24.3 Å². The van der Waals surface area contributed by atoms with Crippen molar-refractivity contribution >= 4 is 37.9 Å². The fourth-order valence-electron chi connectivity index (χ4n) is 1.23. The Balaban J connectivity index is 2.43. The molecule has 0 aliphatic carbocycles. The number of carbonyl (C=O) groups excluding carboxylic acids is 1. The van der Waals surface area contributed by atoms with E-state index in [0.717, 1.165) is 6.26 Å². The molecule has 0 heterocycles. The second-order valence-electron chi connectivity index (χ2n) is 4.09. The van der Waals surface area contributed by atoms with E-state index >= 15 is 0 Å². The molecule has 1 unspecified atom stereocenters. The molecule has 0 aliphatic heterocycles. The van der Waals surface area contributed by atoms with Gasteiger partial charge >= 0.3 is 0 Å². The number of anilines is 2. The highest BCUT2D eigenvalue weighted by Gasteiger charge is 2.11. The van der Waals surface area contributed by atoms with E-state index in [1.807, 2.05) is 0 Å². The summed E-state index contributed by atoms with van der Waals surface area (Å²) < 4.78 is 33.3. The maximum Gasteiger partial charge on any atom is 0.236 e.